The second-order valence-electron chi connectivity index (χ2n) is 8.84. The second-order valence-corrected chi connectivity index (χ2v) is 8.84. The molecule has 1 aromatic carbocycles. The van der Waals surface area contributed by atoms with Gasteiger partial charge in [0.2, 0.25) is 11.8 Å². The van der Waals surface area contributed by atoms with E-state index in [1.165, 1.54) is 6.07 Å². The van der Waals surface area contributed by atoms with Crippen LogP contribution in [0.5, 0.6) is 0 Å². The fourth-order valence-corrected chi connectivity index (χ4v) is 4.71. The number of likely N-dealkylation sites (N-methyl/N-ethyl adjacent to an activating group) is 1. The highest BCUT2D eigenvalue weighted by atomic mass is 19.1. The van der Waals surface area contributed by atoms with Crippen molar-refractivity contribution in [2.45, 2.75) is 56.9 Å². The Kier molecular flexibility index (Phi) is 8.03. The third kappa shape index (κ3) is 5.82. The van der Waals surface area contributed by atoms with Crippen LogP contribution in [0.25, 0.3) is 0 Å². The van der Waals surface area contributed by atoms with E-state index in [1.54, 1.807) is 30.1 Å². The third-order valence-corrected chi connectivity index (χ3v) is 6.87. The van der Waals surface area contributed by atoms with E-state index in [9.17, 15) is 19.2 Å². The number of nitriles is 1. The fourth-order valence-electron chi connectivity index (χ4n) is 4.71. The highest BCUT2D eigenvalue weighted by Crippen LogP contribution is 2.32. The predicted molar refractivity (Wildman–Crippen MR) is 116 cm³/mol. The van der Waals surface area contributed by atoms with E-state index in [0.29, 0.717) is 51.0 Å². The number of carbonyl (C=O) groups is 2. The van der Waals surface area contributed by atoms with Crippen LogP contribution < -0.4 is 5.32 Å². The summed E-state index contributed by atoms with van der Waals surface area (Å²) in [4.78, 5) is 29.0. The van der Waals surface area contributed by atoms with Gasteiger partial charge in [0.15, 0.2) is 0 Å². The summed E-state index contributed by atoms with van der Waals surface area (Å²) in [6.07, 6.45) is 6.48. The minimum absolute atomic E-state index is 0.00470. The van der Waals surface area contributed by atoms with Gasteiger partial charge in [-0.1, -0.05) is 37.5 Å². The number of amides is 2. The molecule has 6 nitrogen and oxygen atoms in total. The number of hydrogen-bond donors (Lipinski definition) is 1. The summed E-state index contributed by atoms with van der Waals surface area (Å²) >= 11 is 0. The van der Waals surface area contributed by atoms with E-state index in [4.69, 9.17) is 0 Å². The van der Waals surface area contributed by atoms with Crippen molar-refractivity contribution in [2.24, 2.45) is 5.92 Å². The lowest BCUT2D eigenvalue weighted by atomic mass is 9.81. The highest BCUT2D eigenvalue weighted by Gasteiger charge is 2.39. The molecule has 0 bridgehead atoms. The van der Waals surface area contributed by atoms with Crippen molar-refractivity contribution in [1.82, 2.24) is 15.1 Å². The lowest BCUT2D eigenvalue weighted by Gasteiger charge is -2.40. The van der Waals surface area contributed by atoms with Gasteiger partial charge >= 0.3 is 0 Å². The zero-order valence-electron chi connectivity index (χ0n) is 18.4. The second kappa shape index (κ2) is 10.7. The van der Waals surface area contributed by atoms with E-state index in [1.807, 2.05) is 0 Å². The van der Waals surface area contributed by atoms with Crippen LogP contribution in [0.1, 0.15) is 50.5 Å². The lowest BCUT2D eigenvalue weighted by molar-refractivity contribution is -0.136. The first-order valence-corrected chi connectivity index (χ1v) is 11.4. The normalized spacial score (nSPS) is 19.4. The van der Waals surface area contributed by atoms with Crippen molar-refractivity contribution < 1.29 is 14.0 Å². The van der Waals surface area contributed by atoms with Crippen LogP contribution in [0.15, 0.2) is 24.3 Å². The summed E-state index contributed by atoms with van der Waals surface area (Å²) in [5.74, 6) is -0.332. The molecule has 1 saturated heterocycles. The van der Waals surface area contributed by atoms with E-state index < -0.39 is 5.54 Å². The zero-order valence-corrected chi connectivity index (χ0v) is 18.4. The molecule has 1 heterocycles. The molecule has 0 radical (unpaired) electrons. The van der Waals surface area contributed by atoms with Crippen LogP contribution >= 0.6 is 0 Å². The number of carbonyl (C=O) groups excluding carboxylic acids is 2. The van der Waals surface area contributed by atoms with E-state index in [0.717, 1.165) is 32.1 Å². The molecule has 168 valence electrons. The number of rotatable bonds is 7. The highest BCUT2D eigenvalue weighted by molar-refractivity contribution is 5.80. The van der Waals surface area contributed by atoms with E-state index in [2.05, 4.69) is 16.3 Å². The van der Waals surface area contributed by atoms with E-state index >= 15 is 0 Å². The molecule has 1 aliphatic heterocycles. The number of likely N-dealkylation sites (tertiary alicyclic amines) is 1. The molecule has 2 fully saturated rings. The first kappa shape index (κ1) is 23.2. The van der Waals surface area contributed by atoms with Crippen molar-refractivity contribution >= 4 is 11.8 Å². The number of nitrogens with zero attached hydrogens (tertiary/aromatic N) is 3. The zero-order chi connectivity index (χ0) is 22.3. The SMILES string of the molecule is CN(C(=O)CN1CCC(C(=O)NCCc2ccccc2F)CC1)C1(C#N)CCCCC1. The molecular formula is C24H33FN4O2. The first-order valence-electron chi connectivity index (χ1n) is 11.4. The van der Waals surface area contributed by atoms with Gasteiger partial charge in [-0.15, -0.1) is 0 Å². The Balaban J connectivity index is 1.40. The quantitative estimate of drug-likeness (QED) is 0.725. The van der Waals surface area contributed by atoms with Gasteiger partial charge in [-0.2, -0.15) is 5.26 Å². The van der Waals surface area contributed by atoms with Crippen LogP contribution in [-0.2, 0) is 16.0 Å². The minimum Gasteiger partial charge on any atom is -0.356 e. The largest absolute Gasteiger partial charge is 0.356 e. The number of piperidine rings is 1. The van der Waals surface area contributed by atoms with Crippen LogP contribution in [-0.4, -0.2) is 60.4 Å². The summed E-state index contributed by atoms with van der Waals surface area (Å²) < 4.78 is 13.7. The molecule has 0 atom stereocenters. The molecule has 31 heavy (non-hydrogen) atoms. The number of hydrogen-bond acceptors (Lipinski definition) is 4. The minimum atomic E-state index is -0.661. The van der Waals surface area contributed by atoms with Gasteiger partial charge in [-0.05, 0) is 56.8 Å². The number of nitrogens with one attached hydrogen (secondary N) is 1. The smallest absolute Gasteiger partial charge is 0.237 e. The Morgan fingerprint density at radius 3 is 2.55 bits per heavy atom. The Morgan fingerprint density at radius 1 is 1.23 bits per heavy atom. The molecule has 0 spiro atoms. The maximum atomic E-state index is 13.7. The molecule has 1 saturated carbocycles. The summed E-state index contributed by atoms with van der Waals surface area (Å²) in [7, 11) is 1.76. The Labute approximate surface area is 184 Å². The average molecular weight is 429 g/mol. The molecule has 0 unspecified atom stereocenters. The molecule has 1 N–H and O–H groups in total. The summed E-state index contributed by atoms with van der Waals surface area (Å²) in [5.41, 5.74) is -0.0560. The first-order chi connectivity index (χ1) is 14.9. The van der Waals surface area contributed by atoms with Gasteiger partial charge in [0.05, 0.1) is 12.6 Å². The fraction of sp³-hybridized carbons (Fsp3) is 0.625. The van der Waals surface area contributed by atoms with Crippen molar-refractivity contribution in [3.8, 4) is 6.07 Å². The van der Waals surface area contributed by atoms with Gasteiger partial charge in [0, 0.05) is 19.5 Å². The van der Waals surface area contributed by atoms with Gasteiger partial charge in [0.1, 0.15) is 11.4 Å². The Morgan fingerprint density at radius 2 is 1.90 bits per heavy atom. The monoisotopic (exact) mass is 428 g/mol. The molecule has 0 aromatic heterocycles. The van der Waals surface area contributed by atoms with Crippen LogP contribution in [0.3, 0.4) is 0 Å². The number of benzene rings is 1. The van der Waals surface area contributed by atoms with Crippen LogP contribution in [0, 0.1) is 23.1 Å². The van der Waals surface area contributed by atoms with Gasteiger partial charge < -0.3 is 10.2 Å². The van der Waals surface area contributed by atoms with Crippen molar-refractivity contribution in [2.75, 3.05) is 33.2 Å². The molecule has 2 aliphatic rings. The molecule has 3 rings (SSSR count). The van der Waals surface area contributed by atoms with Gasteiger partial charge in [-0.25, -0.2) is 4.39 Å². The summed E-state index contributed by atoms with van der Waals surface area (Å²) in [6.45, 7) is 2.08. The van der Waals surface area contributed by atoms with Crippen molar-refractivity contribution in [3.63, 3.8) is 0 Å². The Bertz CT molecular complexity index is 808. The van der Waals surface area contributed by atoms with Crippen molar-refractivity contribution in [1.29, 1.82) is 5.26 Å². The maximum absolute atomic E-state index is 13.7. The van der Waals surface area contributed by atoms with Gasteiger partial charge in [0.25, 0.3) is 0 Å². The molecule has 7 heteroatoms. The summed E-state index contributed by atoms with van der Waals surface area (Å²) in [6, 6.07) is 9.01. The van der Waals surface area contributed by atoms with E-state index in [-0.39, 0.29) is 23.5 Å². The average Bonchev–Trinajstić information content (AvgIpc) is 2.80. The van der Waals surface area contributed by atoms with Gasteiger partial charge in [-0.3, -0.25) is 14.5 Å². The maximum Gasteiger partial charge on any atom is 0.237 e. The van der Waals surface area contributed by atoms with Crippen molar-refractivity contribution in [3.05, 3.63) is 35.6 Å². The lowest BCUT2D eigenvalue weighted by Crippen LogP contribution is -2.53. The summed E-state index contributed by atoms with van der Waals surface area (Å²) in [5, 5.41) is 12.6. The topological polar surface area (TPSA) is 76.4 Å². The third-order valence-electron chi connectivity index (χ3n) is 6.87. The van der Waals surface area contributed by atoms with Crippen LogP contribution in [0.2, 0.25) is 0 Å². The standard InChI is InChI=1S/C24H33FN4O2/c1-28(24(18-26)12-5-2-6-13-24)22(30)17-29-15-10-20(11-16-29)23(31)27-14-9-19-7-3-4-8-21(19)25/h3-4,7-8,20H,2,5-6,9-17H2,1H3,(H,27,31). The molecule has 2 amide bonds. The predicted octanol–water partition coefficient (Wildman–Crippen LogP) is 2.88. The Hall–Kier alpha value is -2.46. The number of halogens is 1. The van der Waals surface area contributed by atoms with Crippen LogP contribution in [0.4, 0.5) is 4.39 Å². The molecule has 1 aliphatic carbocycles. The molecular weight excluding hydrogens is 395 g/mol. The molecule has 1 aromatic rings.